The zero-order valence-electron chi connectivity index (χ0n) is 10.7. The maximum atomic E-state index is 11.1. The summed E-state index contributed by atoms with van der Waals surface area (Å²) >= 11 is 0. The van der Waals surface area contributed by atoms with E-state index in [9.17, 15) is 9.59 Å². The van der Waals surface area contributed by atoms with E-state index in [2.05, 4.69) is 6.58 Å². The summed E-state index contributed by atoms with van der Waals surface area (Å²) in [4.78, 5) is 21.6. The Hall–Kier alpha value is -2.14. The lowest BCUT2D eigenvalue weighted by Gasteiger charge is -2.16. The molecule has 1 aromatic carbocycles. The van der Waals surface area contributed by atoms with Gasteiger partial charge in [0.2, 0.25) is 0 Å². The van der Waals surface area contributed by atoms with Crippen molar-refractivity contribution in [2.45, 2.75) is 6.10 Å². The second-order valence-electron chi connectivity index (χ2n) is 3.72. The van der Waals surface area contributed by atoms with Crippen molar-refractivity contribution in [3.8, 4) is 5.75 Å². The molecule has 0 N–H and O–H groups in total. The lowest BCUT2D eigenvalue weighted by molar-refractivity contribution is -0.147. The number of hydrogen-bond acceptors (Lipinski definition) is 5. The van der Waals surface area contributed by atoms with Crippen LogP contribution in [0.5, 0.6) is 5.75 Å². The molecule has 0 spiro atoms. The molecule has 0 fully saturated rings. The van der Waals surface area contributed by atoms with Gasteiger partial charge in [-0.1, -0.05) is 6.58 Å². The van der Waals surface area contributed by atoms with Crippen molar-refractivity contribution in [1.82, 2.24) is 0 Å². The third-order valence-electron chi connectivity index (χ3n) is 2.25. The third-order valence-corrected chi connectivity index (χ3v) is 2.25. The maximum absolute atomic E-state index is 11.1. The molecule has 0 saturated carbocycles. The minimum atomic E-state index is -0.526. The number of aldehydes is 1. The summed E-state index contributed by atoms with van der Waals surface area (Å²) in [7, 11) is 1.51. The van der Waals surface area contributed by atoms with Crippen molar-refractivity contribution in [1.29, 1.82) is 0 Å². The van der Waals surface area contributed by atoms with Gasteiger partial charge in [-0.3, -0.25) is 4.79 Å². The van der Waals surface area contributed by atoms with E-state index < -0.39 is 12.1 Å². The van der Waals surface area contributed by atoms with Crippen molar-refractivity contribution in [3.63, 3.8) is 0 Å². The van der Waals surface area contributed by atoms with Gasteiger partial charge in [-0.2, -0.15) is 0 Å². The van der Waals surface area contributed by atoms with Crippen molar-refractivity contribution < 1.29 is 23.8 Å². The fraction of sp³-hybridized carbons (Fsp3) is 0.286. The molecule has 0 amide bonds. The van der Waals surface area contributed by atoms with Crippen molar-refractivity contribution in [3.05, 3.63) is 42.5 Å². The predicted octanol–water partition coefficient (Wildman–Crippen LogP) is 1.62. The highest BCUT2D eigenvalue weighted by Crippen LogP contribution is 2.12. The molecule has 0 aromatic heterocycles. The van der Waals surface area contributed by atoms with E-state index in [0.717, 1.165) is 12.4 Å². The molecule has 1 unspecified atom stereocenters. The number of rotatable bonds is 8. The summed E-state index contributed by atoms with van der Waals surface area (Å²) in [6, 6.07) is 6.62. The number of hydrogen-bond donors (Lipinski definition) is 0. The van der Waals surface area contributed by atoms with Crippen LogP contribution in [-0.2, 0) is 14.3 Å². The van der Waals surface area contributed by atoms with Crippen LogP contribution in [0.2, 0.25) is 0 Å². The third kappa shape index (κ3) is 5.35. The number of ether oxygens (including phenoxy) is 3. The van der Waals surface area contributed by atoms with Gasteiger partial charge in [-0.05, 0) is 24.3 Å². The fourth-order valence-corrected chi connectivity index (χ4v) is 1.35. The van der Waals surface area contributed by atoms with Crippen LogP contribution in [0.3, 0.4) is 0 Å². The molecule has 102 valence electrons. The van der Waals surface area contributed by atoms with Crippen molar-refractivity contribution >= 4 is 12.3 Å². The molecule has 5 heteroatoms. The first-order valence-corrected chi connectivity index (χ1v) is 5.69. The Bertz CT molecular complexity index is 424. The monoisotopic (exact) mass is 264 g/mol. The zero-order valence-corrected chi connectivity index (χ0v) is 10.7. The standard InChI is InChI=1S/C14H16O5/c1-3-14(16)19-13(9-17-2)10-18-12-6-4-11(8-15)5-7-12/h3-8,13H,1,9-10H2,2H3. The molecule has 1 aromatic rings. The number of methoxy groups -OCH3 is 1. The normalized spacial score (nSPS) is 11.4. The first-order chi connectivity index (χ1) is 9.19. The van der Waals surface area contributed by atoms with Gasteiger partial charge in [0.25, 0.3) is 0 Å². The first-order valence-electron chi connectivity index (χ1n) is 5.69. The topological polar surface area (TPSA) is 61.8 Å². The van der Waals surface area contributed by atoms with Crippen LogP contribution in [0.15, 0.2) is 36.9 Å². The van der Waals surface area contributed by atoms with Crippen LogP contribution in [0.4, 0.5) is 0 Å². The molecule has 0 heterocycles. The van der Waals surface area contributed by atoms with E-state index in [1.165, 1.54) is 7.11 Å². The van der Waals surface area contributed by atoms with E-state index in [4.69, 9.17) is 14.2 Å². The van der Waals surface area contributed by atoms with Crippen LogP contribution < -0.4 is 4.74 Å². The molecule has 19 heavy (non-hydrogen) atoms. The average Bonchev–Trinajstić information content (AvgIpc) is 2.45. The largest absolute Gasteiger partial charge is 0.490 e. The van der Waals surface area contributed by atoms with Gasteiger partial charge in [0.15, 0.2) is 6.10 Å². The predicted molar refractivity (Wildman–Crippen MR) is 69.3 cm³/mol. The quantitative estimate of drug-likeness (QED) is 0.405. The summed E-state index contributed by atoms with van der Waals surface area (Å²) in [5.41, 5.74) is 0.568. The van der Waals surface area contributed by atoms with Gasteiger partial charge in [-0.15, -0.1) is 0 Å². The van der Waals surface area contributed by atoms with E-state index in [0.29, 0.717) is 11.3 Å². The molecule has 5 nitrogen and oxygen atoms in total. The van der Waals surface area contributed by atoms with Gasteiger partial charge in [-0.25, -0.2) is 4.79 Å². The van der Waals surface area contributed by atoms with Crippen molar-refractivity contribution in [2.24, 2.45) is 0 Å². The lowest BCUT2D eigenvalue weighted by atomic mass is 10.2. The highest BCUT2D eigenvalue weighted by atomic mass is 16.6. The minimum absolute atomic E-state index is 0.161. The van der Waals surface area contributed by atoms with Gasteiger partial charge >= 0.3 is 5.97 Å². The Morgan fingerprint density at radius 1 is 1.32 bits per heavy atom. The first kappa shape index (κ1) is 14.9. The van der Waals surface area contributed by atoms with Crippen LogP contribution in [0, 0.1) is 0 Å². The Morgan fingerprint density at radius 2 is 2.00 bits per heavy atom. The lowest BCUT2D eigenvalue weighted by Crippen LogP contribution is -2.28. The summed E-state index contributed by atoms with van der Waals surface area (Å²) < 4.78 is 15.4. The second-order valence-corrected chi connectivity index (χ2v) is 3.72. The average molecular weight is 264 g/mol. The van der Waals surface area contributed by atoms with Crippen molar-refractivity contribution in [2.75, 3.05) is 20.3 Å². The van der Waals surface area contributed by atoms with E-state index in [1.54, 1.807) is 24.3 Å². The number of esters is 1. The highest BCUT2D eigenvalue weighted by molar-refractivity contribution is 5.81. The Labute approximate surface area is 111 Å². The second kappa shape index (κ2) is 8.05. The Kier molecular flexibility index (Phi) is 6.32. The van der Waals surface area contributed by atoms with Crippen LogP contribution in [0.25, 0.3) is 0 Å². The van der Waals surface area contributed by atoms with Crippen LogP contribution in [0.1, 0.15) is 10.4 Å². The molecule has 1 rings (SSSR count). The zero-order chi connectivity index (χ0) is 14.1. The maximum Gasteiger partial charge on any atom is 0.330 e. The summed E-state index contributed by atoms with van der Waals surface area (Å²) in [5, 5.41) is 0. The molecule has 0 radical (unpaired) electrons. The van der Waals surface area contributed by atoms with Gasteiger partial charge < -0.3 is 14.2 Å². The number of carbonyl (C=O) groups is 2. The molecule has 0 aliphatic carbocycles. The number of benzene rings is 1. The Balaban J connectivity index is 2.51. The smallest absolute Gasteiger partial charge is 0.330 e. The number of carbonyl (C=O) groups excluding carboxylic acids is 2. The van der Waals surface area contributed by atoms with Gasteiger partial charge in [0, 0.05) is 18.7 Å². The summed E-state index contributed by atoms with van der Waals surface area (Å²) in [6.45, 7) is 3.71. The highest BCUT2D eigenvalue weighted by Gasteiger charge is 2.13. The van der Waals surface area contributed by atoms with Crippen LogP contribution in [-0.4, -0.2) is 38.7 Å². The summed E-state index contributed by atoms with van der Waals surface area (Å²) in [5.74, 6) is 0.0586. The molecule has 0 aliphatic rings. The van der Waals surface area contributed by atoms with Crippen LogP contribution >= 0.6 is 0 Å². The van der Waals surface area contributed by atoms with E-state index in [1.807, 2.05) is 0 Å². The minimum Gasteiger partial charge on any atom is -0.490 e. The SMILES string of the molecule is C=CC(=O)OC(COC)COc1ccc(C=O)cc1. The Morgan fingerprint density at radius 3 is 2.53 bits per heavy atom. The molecular weight excluding hydrogens is 248 g/mol. The van der Waals surface area contributed by atoms with E-state index in [-0.39, 0.29) is 13.2 Å². The van der Waals surface area contributed by atoms with Gasteiger partial charge in [0.05, 0.1) is 6.61 Å². The fourth-order valence-electron chi connectivity index (χ4n) is 1.35. The van der Waals surface area contributed by atoms with E-state index >= 15 is 0 Å². The van der Waals surface area contributed by atoms with Gasteiger partial charge in [0.1, 0.15) is 18.6 Å². The molecule has 0 aliphatic heterocycles. The molecule has 0 saturated heterocycles. The molecular formula is C14H16O5. The molecule has 1 atom stereocenters. The molecule has 0 bridgehead atoms. The summed E-state index contributed by atoms with van der Waals surface area (Å²) in [6.07, 6.45) is 1.33.